The lowest BCUT2D eigenvalue weighted by molar-refractivity contribution is -0.0399. The van der Waals surface area contributed by atoms with E-state index in [1.165, 1.54) is 153 Å². The zero-order valence-electron chi connectivity index (χ0n) is 67.6. The molecule has 10 aliphatic carbocycles. The highest BCUT2D eigenvalue weighted by molar-refractivity contribution is 6.12. The molecule has 10 aliphatic rings. The van der Waals surface area contributed by atoms with Crippen molar-refractivity contribution in [2.45, 2.75) is 75.0 Å². The summed E-state index contributed by atoms with van der Waals surface area (Å²) in [6.45, 7) is 0. The Labute approximate surface area is 705 Å². The zero-order valence-corrected chi connectivity index (χ0v) is 67.6. The van der Waals surface area contributed by atoms with E-state index in [0.29, 0.717) is 0 Å². The molecule has 16 aromatic carbocycles. The molecule has 121 heavy (non-hydrogen) atoms. The third-order valence-corrected chi connectivity index (χ3v) is 30.6. The second kappa shape index (κ2) is 27.0. The van der Waals surface area contributed by atoms with Gasteiger partial charge in [-0.3, -0.25) is 0 Å². The van der Waals surface area contributed by atoms with E-state index in [1.54, 1.807) is 22.3 Å². The quantitative estimate of drug-likeness (QED) is 0.129. The fourth-order valence-corrected chi connectivity index (χ4v) is 26.2. The van der Waals surface area contributed by atoms with Gasteiger partial charge in [-0.15, -0.1) is 0 Å². The predicted molar refractivity (Wildman–Crippen MR) is 499 cm³/mol. The average molecular weight is 1560 g/mol. The Morgan fingerprint density at radius 2 is 0.587 bits per heavy atom. The van der Waals surface area contributed by atoms with Gasteiger partial charge >= 0.3 is 0 Å². The van der Waals surface area contributed by atoms with Crippen LogP contribution in [0.4, 0.5) is 34.1 Å². The normalized spacial score (nSPS) is 22.1. The van der Waals surface area contributed by atoms with Crippen LogP contribution in [-0.4, -0.2) is 4.57 Å². The molecule has 5 heteroatoms. The van der Waals surface area contributed by atoms with Crippen LogP contribution in [0.15, 0.2) is 379 Å². The van der Waals surface area contributed by atoms with Crippen molar-refractivity contribution in [2.75, 3.05) is 9.80 Å². The Morgan fingerprint density at radius 3 is 1.12 bits per heavy atom. The number of aromatic nitrogens is 1. The Kier molecular flexibility index (Phi) is 15.5. The van der Waals surface area contributed by atoms with Gasteiger partial charge in [0.1, 0.15) is 22.3 Å². The third-order valence-electron chi connectivity index (χ3n) is 30.6. The van der Waals surface area contributed by atoms with Gasteiger partial charge in [0.15, 0.2) is 0 Å². The first-order valence-electron chi connectivity index (χ1n) is 44.3. The van der Waals surface area contributed by atoms with Gasteiger partial charge in [-0.05, 0) is 316 Å². The summed E-state index contributed by atoms with van der Waals surface area (Å²) in [7, 11) is 0. The van der Waals surface area contributed by atoms with Crippen LogP contribution in [0.2, 0.25) is 0 Å². The lowest BCUT2D eigenvalue weighted by atomic mass is 9.43. The summed E-state index contributed by atoms with van der Waals surface area (Å²) >= 11 is 0. The van der Waals surface area contributed by atoms with Crippen molar-refractivity contribution in [2.24, 2.45) is 47.3 Å². The average Bonchev–Trinajstić information content (AvgIpc) is 1.54. The largest absolute Gasteiger partial charge is 0.456 e. The van der Waals surface area contributed by atoms with E-state index in [2.05, 4.69) is 372 Å². The predicted octanol–water partition coefficient (Wildman–Crippen LogP) is 31.3. The summed E-state index contributed by atoms with van der Waals surface area (Å²) in [6.07, 6.45) is 14.2. The lowest BCUT2D eigenvalue weighted by Crippen LogP contribution is -2.55. The summed E-state index contributed by atoms with van der Waals surface area (Å²) < 4.78 is 15.4. The molecule has 580 valence electrons. The highest BCUT2D eigenvalue weighted by atomic mass is 16.3. The molecular formula is C116H89N3O2. The van der Waals surface area contributed by atoms with Crippen LogP contribution in [-0.2, 0) is 10.8 Å². The van der Waals surface area contributed by atoms with Gasteiger partial charge in [-0.25, -0.2) is 0 Å². The van der Waals surface area contributed by atoms with Crippen LogP contribution in [0.5, 0.6) is 0 Å². The molecule has 19 aromatic rings. The van der Waals surface area contributed by atoms with Gasteiger partial charge < -0.3 is 23.2 Å². The zero-order chi connectivity index (χ0) is 79.2. The molecule has 0 aliphatic heterocycles. The number of fused-ring (bicyclic) bond motifs is 15. The van der Waals surface area contributed by atoms with E-state index in [1.807, 2.05) is 12.1 Å². The van der Waals surface area contributed by atoms with E-state index < -0.39 is 0 Å². The maximum atomic E-state index is 6.49. The van der Waals surface area contributed by atoms with Crippen molar-refractivity contribution in [3.05, 3.63) is 392 Å². The number of hydrogen-bond acceptors (Lipinski definition) is 4. The summed E-state index contributed by atoms with van der Waals surface area (Å²) in [5.41, 5.74) is 36.1. The molecule has 0 radical (unpaired) electrons. The van der Waals surface area contributed by atoms with Crippen LogP contribution < -0.4 is 9.80 Å². The Balaban J connectivity index is 0.000000131. The topological polar surface area (TPSA) is 37.7 Å². The van der Waals surface area contributed by atoms with E-state index in [-0.39, 0.29) is 10.8 Å². The second-order valence-corrected chi connectivity index (χ2v) is 36.6. The first kappa shape index (κ1) is 69.5. The maximum absolute atomic E-state index is 6.49. The Hall–Kier alpha value is -13.5. The van der Waals surface area contributed by atoms with Gasteiger partial charge in [0.05, 0.1) is 16.7 Å². The second-order valence-electron chi connectivity index (χ2n) is 36.6. The molecule has 0 saturated heterocycles. The van der Waals surface area contributed by atoms with Crippen LogP contribution in [0.1, 0.15) is 86.5 Å². The van der Waals surface area contributed by atoms with Crippen LogP contribution in [0.3, 0.4) is 0 Å². The fourth-order valence-electron chi connectivity index (χ4n) is 26.2. The van der Waals surface area contributed by atoms with Gasteiger partial charge in [-0.2, -0.15) is 0 Å². The van der Waals surface area contributed by atoms with Crippen LogP contribution in [0, 0.1) is 47.3 Å². The molecule has 8 saturated carbocycles. The van der Waals surface area contributed by atoms with Gasteiger partial charge in [-0.1, -0.05) is 237 Å². The number of para-hydroxylation sites is 4. The monoisotopic (exact) mass is 1560 g/mol. The molecule has 0 atom stereocenters. The highest BCUT2D eigenvalue weighted by Gasteiger charge is 2.63. The summed E-state index contributed by atoms with van der Waals surface area (Å²) in [5.74, 6) is 6.86. The SMILES string of the molecule is c1ccc(-c2ccc(N(c3ccc(-c4ccc5c(c4)-c4ccccc4C54C5CC6CC(C5)CC4C6)cc3)c3ccc4c(c3)oc3ccccc34)c(-c3ccccc3)c2)cc1.c1ccc(-n2c3ccccc3c3cc(N(c4ccc(-c5ccc6c(c5)-c5ccccc5C65C6CC7CC(C6)CC5C7)cc4)c4ccc5c(c4)oc4ccccc45)ccc32)cc1. The van der Waals surface area contributed by atoms with Crippen LogP contribution >= 0.6 is 0 Å². The number of furan rings is 2. The molecule has 0 N–H and O–H groups in total. The van der Waals surface area contributed by atoms with E-state index >= 15 is 0 Å². The van der Waals surface area contributed by atoms with E-state index in [4.69, 9.17) is 8.83 Å². The number of nitrogens with zero attached hydrogens (tertiary/aromatic N) is 3. The van der Waals surface area contributed by atoms with Crippen molar-refractivity contribution in [1.82, 2.24) is 4.57 Å². The molecule has 8 fully saturated rings. The first-order valence-corrected chi connectivity index (χ1v) is 44.3. The molecule has 3 heterocycles. The molecule has 0 amide bonds. The molecule has 8 bridgehead atoms. The minimum atomic E-state index is 0.190. The molecule has 2 spiro atoms. The molecule has 29 rings (SSSR count). The Morgan fingerprint density at radius 1 is 0.223 bits per heavy atom. The first-order chi connectivity index (χ1) is 59.9. The lowest BCUT2D eigenvalue weighted by Gasteiger charge is -2.61. The van der Waals surface area contributed by atoms with Crippen molar-refractivity contribution in [3.8, 4) is 72.4 Å². The Bertz CT molecular complexity index is 7310. The number of benzene rings is 16. The summed E-state index contributed by atoms with van der Waals surface area (Å²) in [6, 6.07) is 137. The molecule has 0 unspecified atom stereocenters. The fraction of sp³-hybridized carbons (Fsp3) is 0.172. The van der Waals surface area contributed by atoms with E-state index in [9.17, 15) is 0 Å². The van der Waals surface area contributed by atoms with Gasteiger partial charge in [0.2, 0.25) is 0 Å². The summed E-state index contributed by atoms with van der Waals surface area (Å²) in [5, 5.41) is 6.99. The molecular weight excluding hydrogens is 1470 g/mol. The third kappa shape index (κ3) is 10.6. The number of anilines is 6. The number of rotatable bonds is 11. The van der Waals surface area contributed by atoms with E-state index in [0.717, 1.165) is 131 Å². The van der Waals surface area contributed by atoms with Crippen molar-refractivity contribution in [1.29, 1.82) is 0 Å². The summed E-state index contributed by atoms with van der Waals surface area (Å²) in [4.78, 5) is 4.79. The van der Waals surface area contributed by atoms with Crippen molar-refractivity contribution < 1.29 is 8.83 Å². The minimum absolute atomic E-state index is 0.190. The molecule has 3 aromatic heterocycles. The van der Waals surface area contributed by atoms with Gasteiger partial charge in [0.25, 0.3) is 0 Å². The van der Waals surface area contributed by atoms with Crippen molar-refractivity contribution in [3.63, 3.8) is 0 Å². The smallest absolute Gasteiger partial charge is 0.137 e. The maximum Gasteiger partial charge on any atom is 0.137 e. The number of hydrogen-bond donors (Lipinski definition) is 0. The van der Waals surface area contributed by atoms with Gasteiger partial charge in [0, 0.05) is 95.0 Å². The van der Waals surface area contributed by atoms with Crippen LogP contribution in [0.25, 0.3) is 138 Å². The van der Waals surface area contributed by atoms with Crippen molar-refractivity contribution >= 4 is 99.8 Å². The highest BCUT2D eigenvalue weighted by Crippen LogP contribution is 2.72. The molecule has 5 nitrogen and oxygen atoms in total. The minimum Gasteiger partial charge on any atom is -0.456 e. The standard InChI is InChI=1S/C58H44N2O.C58H45NO/c1-2-10-42(11-3-1)60-54-16-8-5-13-47(54)51-34-44(24-27-55(51)60)59(45-23-25-49-48-14-6-9-17-56(48)61-57(49)35-45)43-21-18-38(19-22-43)39-20-26-53-50(33-39)46-12-4-7-15-52(46)58(53)40-29-36-28-37(31-40)32-41(58)30-36;1-3-11-39(12-4-1)43-22-28-55(51(34-43)41-13-5-2-6-14-41)59(47-25-26-50-49-16-8-10-18-56(49)60-57(50)36-47)46-23-19-40(20-24-46)42-21-27-54-52(35-42)48-15-7-9-17-53(48)58(54)44-30-37-29-38(32-44)33-45(58)31-37/h1-27,33-37,40-41H,28-32H2;1-28,34-38,44-45H,29-33H2.